The summed E-state index contributed by atoms with van der Waals surface area (Å²) in [6.07, 6.45) is 4.94. The van der Waals surface area contributed by atoms with Gasteiger partial charge in [0.15, 0.2) is 0 Å². The van der Waals surface area contributed by atoms with Gasteiger partial charge in [0.05, 0.1) is 11.3 Å². The Labute approximate surface area is 133 Å². The van der Waals surface area contributed by atoms with Gasteiger partial charge >= 0.3 is 0 Å². The second-order valence-corrected chi connectivity index (χ2v) is 4.69. The predicted molar refractivity (Wildman–Crippen MR) is 88.9 cm³/mol. The quantitative estimate of drug-likeness (QED) is 0.506. The predicted octanol–water partition coefficient (Wildman–Crippen LogP) is 2.95. The van der Waals surface area contributed by atoms with E-state index in [1.807, 2.05) is 30.3 Å². The highest BCUT2D eigenvalue weighted by atomic mass is 16.6. The van der Waals surface area contributed by atoms with Gasteiger partial charge in [-0.3, -0.25) is 14.9 Å². The van der Waals surface area contributed by atoms with Crippen LogP contribution in [0.15, 0.2) is 65.8 Å². The molecule has 0 radical (unpaired) electrons. The van der Waals surface area contributed by atoms with E-state index in [2.05, 4.69) is 10.5 Å². The van der Waals surface area contributed by atoms with Gasteiger partial charge in [-0.1, -0.05) is 48.5 Å². The van der Waals surface area contributed by atoms with Crippen molar-refractivity contribution in [1.82, 2.24) is 5.43 Å². The number of nitrogens with one attached hydrogen (secondary N) is 1. The van der Waals surface area contributed by atoms with Crippen molar-refractivity contribution in [2.45, 2.75) is 6.42 Å². The van der Waals surface area contributed by atoms with Gasteiger partial charge in [0.1, 0.15) is 0 Å². The average Bonchev–Trinajstić information content (AvgIpc) is 2.55. The molecule has 0 aliphatic carbocycles. The third-order valence-corrected chi connectivity index (χ3v) is 2.93. The molecule has 2 aromatic rings. The van der Waals surface area contributed by atoms with Crippen molar-refractivity contribution in [1.29, 1.82) is 0 Å². The van der Waals surface area contributed by atoms with Gasteiger partial charge in [-0.15, -0.1) is 0 Å². The first kappa shape index (κ1) is 16.1. The number of amides is 1. The molecule has 0 bridgehead atoms. The lowest BCUT2D eigenvalue weighted by atomic mass is 10.1. The molecule has 1 amide bonds. The number of hydrogen-bond donors (Lipinski definition) is 1. The largest absolute Gasteiger partial charge is 0.273 e. The van der Waals surface area contributed by atoms with Gasteiger partial charge < -0.3 is 0 Å². The van der Waals surface area contributed by atoms with Crippen molar-refractivity contribution in [3.63, 3.8) is 0 Å². The van der Waals surface area contributed by atoms with Crippen LogP contribution < -0.4 is 5.43 Å². The summed E-state index contributed by atoms with van der Waals surface area (Å²) in [6.45, 7) is 0. The SMILES string of the molecule is O=C(Cc1ccccc1)NN=C/C=C/c1cccc([N+](=O)[O-])c1. The molecule has 0 spiro atoms. The number of benzene rings is 2. The molecule has 0 unspecified atom stereocenters. The molecule has 2 aromatic carbocycles. The minimum atomic E-state index is -0.449. The smallest absolute Gasteiger partial charge is 0.270 e. The van der Waals surface area contributed by atoms with Crippen LogP contribution in [0.4, 0.5) is 5.69 Å². The Morgan fingerprint density at radius 1 is 1.17 bits per heavy atom. The zero-order valence-electron chi connectivity index (χ0n) is 12.3. The topological polar surface area (TPSA) is 84.6 Å². The van der Waals surface area contributed by atoms with E-state index in [1.165, 1.54) is 18.3 Å². The van der Waals surface area contributed by atoms with Crippen molar-refractivity contribution >= 4 is 23.9 Å². The van der Waals surface area contributed by atoms with Crippen molar-refractivity contribution in [2.24, 2.45) is 5.10 Å². The fraction of sp³-hybridized carbons (Fsp3) is 0.0588. The maximum Gasteiger partial charge on any atom is 0.270 e. The van der Waals surface area contributed by atoms with Crippen molar-refractivity contribution < 1.29 is 9.72 Å². The maximum absolute atomic E-state index is 11.6. The molecule has 1 N–H and O–H groups in total. The molecule has 0 aromatic heterocycles. The normalized spacial score (nSPS) is 11.0. The molecule has 0 saturated carbocycles. The van der Waals surface area contributed by atoms with E-state index in [0.717, 1.165) is 5.56 Å². The maximum atomic E-state index is 11.6. The lowest BCUT2D eigenvalue weighted by Gasteiger charge is -1.99. The molecule has 0 aliphatic heterocycles. The number of non-ortho nitro benzene ring substituents is 1. The molecular formula is C17H15N3O3. The fourth-order valence-corrected chi connectivity index (χ4v) is 1.87. The van der Waals surface area contributed by atoms with Crippen LogP contribution in [0.25, 0.3) is 6.08 Å². The summed E-state index contributed by atoms with van der Waals surface area (Å²) < 4.78 is 0. The Bertz CT molecular complexity index is 740. The van der Waals surface area contributed by atoms with E-state index in [-0.39, 0.29) is 18.0 Å². The Balaban J connectivity index is 1.83. The fourth-order valence-electron chi connectivity index (χ4n) is 1.87. The van der Waals surface area contributed by atoms with E-state index in [1.54, 1.807) is 24.3 Å². The van der Waals surface area contributed by atoms with Gasteiger partial charge in [0, 0.05) is 18.3 Å². The highest BCUT2D eigenvalue weighted by molar-refractivity contribution is 5.82. The summed E-state index contributed by atoms with van der Waals surface area (Å²) in [6, 6.07) is 15.6. The first-order chi connectivity index (χ1) is 11.1. The number of hydrazone groups is 1. The molecule has 0 heterocycles. The third-order valence-electron chi connectivity index (χ3n) is 2.93. The van der Waals surface area contributed by atoms with Crippen molar-refractivity contribution in [3.8, 4) is 0 Å². The van der Waals surface area contributed by atoms with E-state index >= 15 is 0 Å². The van der Waals surface area contributed by atoms with Crippen LogP contribution in [-0.2, 0) is 11.2 Å². The summed E-state index contributed by atoms with van der Waals surface area (Å²) in [5, 5.41) is 14.5. The molecule has 6 heteroatoms. The number of nitrogens with zero attached hydrogens (tertiary/aromatic N) is 2. The molecule has 116 valence electrons. The van der Waals surface area contributed by atoms with Crippen LogP contribution in [0, 0.1) is 10.1 Å². The van der Waals surface area contributed by atoms with Gasteiger partial charge in [-0.2, -0.15) is 5.10 Å². The Morgan fingerprint density at radius 3 is 2.70 bits per heavy atom. The lowest BCUT2D eigenvalue weighted by molar-refractivity contribution is -0.384. The standard InChI is InChI=1S/C17H15N3O3/c21-17(13-15-6-2-1-3-7-15)19-18-11-5-9-14-8-4-10-16(12-14)20(22)23/h1-12H,13H2,(H,19,21)/b9-5+,18-11?. The number of carbonyl (C=O) groups is 1. The first-order valence-corrected chi connectivity index (χ1v) is 6.92. The van der Waals surface area contributed by atoms with Crippen molar-refractivity contribution in [2.75, 3.05) is 0 Å². The number of nitro groups is 1. The zero-order chi connectivity index (χ0) is 16.5. The second kappa shape index (κ2) is 8.23. The van der Waals surface area contributed by atoms with Crippen LogP contribution >= 0.6 is 0 Å². The van der Waals surface area contributed by atoms with E-state index in [9.17, 15) is 14.9 Å². The van der Waals surface area contributed by atoms with E-state index < -0.39 is 4.92 Å². The summed E-state index contributed by atoms with van der Waals surface area (Å²) in [5.74, 6) is -0.212. The molecule has 0 fully saturated rings. The highest BCUT2D eigenvalue weighted by Crippen LogP contribution is 2.13. The Morgan fingerprint density at radius 2 is 1.96 bits per heavy atom. The number of hydrogen-bond acceptors (Lipinski definition) is 4. The molecule has 23 heavy (non-hydrogen) atoms. The second-order valence-electron chi connectivity index (χ2n) is 4.69. The Kier molecular flexibility index (Phi) is 5.76. The average molecular weight is 309 g/mol. The Hall–Kier alpha value is -3.28. The van der Waals surface area contributed by atoms with Crippen molar-refractivity contribution in [3.05, 3.63) is 81.9 Å². The molecule has 0 atom stereocenters. The summed E-state index contributed by atoms with van der Waals surface area (Å²) >= 11 is 0. The van der Waals surface area contributed by atoms with Crippen LogP contribution in [0.5, 0.6) is 0 Å². The lowest BCUT2D eigenvalue weighted by Crippen LogP contribution is -2.19. The molecule has 2 rings (SSSR count). The first-order valence-electron chi connectivity index (χ1n) is 6.92. The minimum Gasteiger partial charge on any atom is -0.273 e. The summed E-state index contributed by atoms with van der Waals surface area (Å²) in [5.41, 5.74) is 4.04. The third kappa shape index (κ3) is 5.55. The van der Waals surface area contributed by atoms with Gasteiger partial charge in [-0.05, 0) is 17.2 Å². The number of allylic oxidation sites excluding steroid dienone is 1. The number of carbonyl (C=O) groups excluding carboxylic acids is 1. The monoisotopic (exact) mass is 309 g/mol. The molecular weight excluding hydrogens is 294 g/mol. The van der Waals surface area contributed by atoms with Gasteiger partial charge in [0.25, 0.3) is 5.69 Å². The van der Waals surface area contributed by atoms with E-state index in [4.69, 9.17) is 0 Å². The molecule has 6 nitrogen and oxygen atoms in total. The van der Waals surface area contributed by atoms with Crippen LogP contribution in [0.2, 0.25) is 0 Å². The summed E-state index contributed by atoms with van der Waals surface area (Å²) in [4.78, 5) is 21.9. The summed E-state index contributed by atoms with van der Waals surface area (Å²) in [7, 11) is 0. The van der Waals surface area contributed by atoms with E-state index in [0.29, 0.717) is 5.56 Å². The number of nitro benzene ring substituents is 1. The molecule has 0 aliphatic rings. The van der Waals surface area contributed by atoms with Crippen LogP contribution in [0.3, 0.4) is 0 Å². The highest BCUT2D eigenvalue weighted by Gasteiger charge is 2.03. The van der Waals surface area contributed by atoms with Crippen LogP contribution in [0.1, 0.15) is 11.1 Å². The van der Waals surface area contributed by atoms with Gasteiger partial charge in [0.2, 0.25) is 5.91 Å². The van der Waals surface area contributed by atoms with Crippen LogP contribution in [-0.4, -0.2) is 17.0 Å². The van der Waals surface area contributed by atoms with Gasteiger partial charge in [-0.25, -0.2) is 5.43 Å². The molecule has 0 saturated heterocycles. The zero-order valence-corrected chi connectivity index (χ0v) is 12.3. The minimum absolute atomic E-state index is 0.0280. The number of rotatable bonds is 6.